The first-order chi connectivity index (χ1) is 5.22. The molecule has 1 aliphatic carbocycles. The van der Waals surface area contributed by atoms with E-state index in [2.05, 4.69) is 6.58 Å². The third-order valence-corrected chi connectivity index (χ3v) is 2.62. The van der Waals surface area contributed by atoms with Gasteiger partial charge in [-0.15, -0.1) is 0 Å². The fourth-order valence-corrected chi connectivity index (χ4v) is 1.57. The first-order valence-corrected chi connectivity index (χ1v) is 4.08. The average molecular weight is 153 g/mol. The molecule has 0 heterocycles. The molecule has 1 rings (SSSR count). The fraction of sp³-hybridized carbons (Fsp3) is 0.667. The molecule has 1 saturated carbocycles. The normalized spacial score (nSPS) is 20.5. The summed E-state index contributed by atoms with van der Waals surface area (Å²) in [5.74, 6) is 0.134. The number of hydrogen-bond donors (Lipinski definition) is 1. The Bertz CT molecular complexity index is 165. The van der Waals surface area contributed by atoms with Crippen LogP contribution in [0.2, 0.25) is 0 Å². The number of nitrogens with two attached hydrogens (primary N) is 1. The Kier molecular flexibility index (Phi) is 2.45. The van der Waals surface area contributed by atoms with Crippen molar-refractivity contribution in [2.75, 3.05) is 6.54 Å². The Balaban J connectivity index is 2.44. The summed E-state index contributed by atoms with van der Waals surface area (Å²) in [7, 11) is 0. The highest BCUT2D eigenvalue weighted by atomic mass is 16.1. The van der Waals surface area contributed by atoms with Crippen LogP contribution in [0.5, 0.6) is 0 Å². The molecule has 11 heavy (non-hydrogen) atoms. The van der Waals surface area contributed by atoms with E-state index >= 15 is 0 Å². The van der Waals surface area contributed by atoms with Crippen LogP contribution in [0.4, 0.5) is 0 Å². The van der Waals surface area contributed by atoms with Gasteiger partial charge in [-0.05, 0) is 30.9 Å². The van der Waals surface area contributed by atoms with Gasteiger partial charge >= 0.3 is 0 Å². The van der Waals surface area contributed by atoms with Crippen molar-refractivity contribution in [3.63, 3.8) is 0 Å². The Morgan fingerprint density at radius 3 is 2.55 bits per heavy atom. The van der Waals surface area contributed by atoms with Crippen molar-refractivity contribution in [1.29, 1.82) is 0 Å². The van der Waals surface area contributed by atoms with Gasteiger partial charge in [-0.1, -0.05) is 13.0 Å². The molecule has 1 fully saturated rings. The zero-order valence-corrected chi connectivity index (χ0v) is 6.81. The van der Waals surface area contributed by atoms with Crippen molar-refractivity contribution in [3.05, 3.63) is 12.7 Å². The number of hydrogen-bond acceptors (Lipinski definition) is 2. The lowest BCUT2D eigenvalue weighted by atomic mass is 9.66. The Labute approximate surface area is 67.5 Å². The van der Waals surface area contributed by atoms with Crippen molar-refractivity contribution in [2.45, 2.75) is 25.7 Å². The zero-order chi connectivity index (χ0) is 8.32. The van der Waals surface area contributed by atoms with Gasteiger partial charge in [-0.3, -0.25) is 4.79 Å². The Morgan fingerprint density at radius 1 is 1.64 bits per heavy atom. The number of allylic oxidation sites excluding steroid dienone is 1. The van der Waals surface area contributed by atoms with Gasteiger partial charge in [-0.25, -0.2) is 0 Å². The van der Waals surface area contributed by atoms with E-state index in [9.17, 15) is 4.79 Å². The maximum absolute atomic E-state index is 11.0. The van der Waals surface area contributed by atoms with Gasteiger partial charge in [0.25, 0.3) is 0 Å². The van der Waals surface area contributed by atoms with Gasteiger partial charge in [0.2, 0.25) is 0 Å². The van der Waals surface area contributed by atoms with Crippen LogP contribution in [-0.2, 0) is 4.79 Å². The summed E-state index contributed by atoms with van der Waals surface area (Å²) in [5.41, 5.74) is 5.73. The average Bonchev–Trinajstić information content (AvgIpc) is 1.96. The van der Waals surface area contributed by atoms with Crippen LogP contribution in [0.3, 0.4) is 0 Å². The predicted octanol–water partition coefficient (Wildman–Crippen LogP) is 1.26. The largest absolute Gasteiger partial charge is 0.330 e. The Morgan fingerprint density at radius 2 is 2.27 bits per heavy atom. The second kappa shape index (κ2) is 3.18. The molecule has 0 amide bonds. The number of ketones is 1. The minimum Gasteiger partial charge on any atom is -0.330 e. The van der Waals surface area contributed by atoms with E-state index in [0.29, 0.717) is 13.0 Å². The topological polar surface area (TPSA) is 43.1 Å². The molecular weight excluding hydrogens is 138 g/mol. The summed E-state index contributed by atoms with van der Waals surface area (Å²) in [6.07, 6.45) is 5.45. The summed E-state index contributed by atoms with van der Waals surface area (Å²) < 4.78 is 0. The highest BCUT2D eigenvalue weighted by Crippen LogP contribution is 2.42. The molecule has 0 unspecified atom stereocenters. The van der Waals surface area contributed by atoms with Crippen molar-refractivity contribution in [2.24, 2.45) is 11.1 Å². The summed E-state index contributed by atoms with van der Waals surface area (Å²) in [5, 5.41) is 0. The molecule has 2 N–H and O–H groups in total. The van der Waals surface area contributed by atoms with E-state index < -0.39 is 0 Å². The van der Waals surface area contributed by atoms with Crippen molar-refractivity contribution >= 4 is 5.78 Å². The standard InChI is InChI=1S/C9H15NO/c1-2-8(11)6-9(7-10)4-3-5-9/h2H,1,3-7,10H2. The van der Waals surface area contributed by atoms with Crippen LogP contribution < -0.4 is 5.73 Å². The molecule has 0 bridgehead atoms. The molecule has 0 aromatic rings. The lowest BCUT2D eigenvalue weighted by Crippen LogP contribution is -2.38. The number of carbonyl (C=O) groups excluding carboxylic acids is 1. The molecule has 0 spiro atoms. The van der Waals surface area contributed by atoms with E-state index in [0.717, 1.165) is 12.8 Å². The minimum atomic E-state index is 0.134. The summed E-state index contributed by atoms with van der Waals surface area (Å²) in [6, 6.07) is 0. The molecule has 0 aliphatic heterocycles. The summed E-state index contributed by atoms with van der Waals surface area (Å²) >= 11 is 0. The number of carbonyl (C=O) groups is 1. The van der Waals surface area contributed by atoms with Crippen molar-refractivity contribution in [3.8, 4) is 0 Å². The SMILES string of the molecule is C=CC(=O)CC1(CN)CCC1. The molecule has 2 heteroatoms. The molecule has 0 saturated heterocycles. The van der Waals surface area contributed by atoms with E-state index in [1.54, 1.807) is 0 Å². The maximum atomic E-state index is 11.0. The van der Waals surface area contributed by atoms with Crippen LogP contribution in [0.25, 0.3) is 0 Å². The lowest BCUT2D eigenvalue weighted by molar-refractivity contribution is -0.118. The zero-order valence-electron chi connectivity index (χ0n) is 6.81. The van der Waals surface area contributed by atoms with Crippen LogP contribution in [-0.4, -0.2) is 12.3 Å². The first kappa shape index (κ1) is 8.47. The number of rotatable bonds is 4. The minimum absolute atomic E-state index is 0.134. The van der Waals surface area contributed by atoms with Gasteiger partial charge in [0.15, 0.2) is 5.78 Å². The molecule has 62 valence electrons. The van der Waals surface area contributed by atoms with E-state index in [1.165, 1.54) is 12.5 Å². The second-order valence-electron chi connectivity index (χ2n) is 3.40. The van der Waals surface area contributed by atoms with Crippen molar-refractivity contribution < 1.29 is 4.79 Å². The van der Waals surface area contributed by atoms with E-state index in [4.69, 9.17) is 5.73 Å². The lowest BCUT2D eigenvalue weighted by Gasteiger charge is -2.40. The molecule has 0 atom stereocenters. The third kappa shape index (κ3) is 1.69. The quantitative estimate of drug-likeness (QED) is 0.618. The molecular formula is C9H15NO. The highest BCUT2D eigenvalue weighted by Gasteiger charge is 2.36. The monoisotopic (exact) mass is 153 g/mol. The third-order valence-electron chi connectivity index (χ3n) is 2.62. The van der Waals surface area contributed by atoms with Crippen LogP contribution in [0, 0.1) is 5.41 Å². The van der Waals surface area contributed by atoms with E-state index in [1.807, 2.05) is 0 Å². The van der Waals surface area contributed by atoms with Gasteiger partial charge in [0.05, 0.1) is 0 Å². The smallest absolute Gasteiger partial charge is 0.155 e. The highest BCUT2D eigenvalue weighted by molar-refractivity contribution is 5.89. The van der Waals surface area contributed by atoms with Crippen LogP contribution in [0.15, 0.2) is 12.7 Å². The van der Waals surface area contributed by atoms with Crippen molar-refractivity contribution in [1.82, 2.24) is 0 Å². The van der Waals surface area contributed by atoms with Gasteiger partial charge in [0.1, 0.15) is 0 Å². The molecule has 0 aromatic carbocycles. The maximum Gasteiger partial charge on any atom is 0.155 e. The summed E-state index contributed by atoms with van der Waals surface area (Å²) in [4.78, 5) is 11.0. The molecule has 2 nitrogen and oxygen atoms in total. The Hall–Kier alpha value is -0.630. The first-order valence-electron chi connectivity index (χ1n) is 4.08. The fourth-order valence-electron chi connectivity index (χ4n) is 1.57. The second-order valence-corrected chi connectivity index (χ2v) is 3.40. The van der Waals surface area contributed by atoms with E-state index in [-0.39, 0.29) is 11.2 Å². The van der Waals surface area contributed by atoms with Gasteiger partial charge < -0.3 is 5.73 Å². The van der Waals surface area contributed by atoms with Gasteiger partial charge in [0, 0.05) is 6.42 Å². The van der Waals surface area contributed by atoms with Crippen LogP contribution >= 0.6 is 0 Å². The van der Waals surface area contributed by atoms with Crippen LogP contribution in [0.1, 0.15) is 25.7 Å². The molecule has 1 aliphatic rings. The summed E-state index contributed by atoms with van der Waals surface area (Å²) in [6.45, 7) is 4.09. The van der Waals surface area contributed by atoms with Gasteiger partial charge in [-0.2, -0.15) is 0 Å². The predicted molar refractivity (Wildman–Crippen MR) is 45.2 cm³/mol. The molecule has 0 aromatic heterocycles. The molecule has 0 radical (unpaired) electrons.